The Morgan fingerprint density at radius 2 is 2.12 bits per heavy atom. The topological polar surface area (TPSA) is 80.4 Å². The molecule has 0 radical (unpaired) electrons. The molecule has 1 aliphatic heterocycles. The van der Waals surface area contributed by atoms with Crippen molar-refractivity contribution in [2.45, 2.75) is 32.7 Å². The third-order valence-corrected chi connectivity index (χ3v) is 4.89. The predicted molar refractivity (Wildman–Crippen MR) is 98.4 cm³/mol. The lowest BCUT2D eigenvalue weighted by atomic mass is 10.1. The van der Waals surface area contributed by atoms with Gasteiger partial charge in [-0.2, -0.15) is 5.10 Å². The van der Waals surface area contributed by atoms with Crippen LogP contribution in [0.2, 0.25) is 0 Å². The highest BCUT2D eigenvalue weighted by molar-refractivity contribution is 5.94. The number of nitrogens with one attached hydrogen (secondary N) is 1. The molecule has 1 atom stereocenters. The summed E-state index contributed by atoms with van der Waals surface area (Å²) in [5, 5.41) is 15.7. The number of fused-ring (bicyclic) bond motifs is 1. The summed E-state index contributed by atoms with van der Waals surface area (Å²) >= 11 is 0. The van der Waals surface area contributed by atoms with Crippen LogP contribution in [0.5, 0.6) is 0 Å². The Bertz CT molecular complexity index is 958. The molecule has 4 heterocycles. The molecule has 4 rings (SSSR count). The summed E-state index contributed by atoms with van der Waals surface area (Å²) in [7, 11) is 1.96. The van der Waals surface area contributed by atoms with Gasteiger partial charge in [0.25, 0.3) is 5.91 Å². The standard InChI is InChI=1S/C18H23N7O/c1-12-9-17(23(3)22-12)24-8-4-5-15(11-24)19-18(26)14-6-7-16-21-20-13(2)25(16)10-14/h6-7,9-10,15H,4-5,8,11H2,1-3H3,(H,19,26). The summed E-state index contributed by atoms with van der Waals surface area (Å²) in [6.07, 6.45) is 3.82. The number of amides is 1. The Labute approximate surface area is 151 Å². The van der Waals surface area contributed by atoms with Crippen LogP contribution in [0.15, 0.2) is 24.4 Å². The molecule has 0 spiro atoms. The number of anilines is 1. The van der Waals surface area contributed by atoms with E-state index in [4.69, 9.17) is 0 Å². The summed E-state index contributed by atoms with van der Waals surface area (Å²) in [6.45, 7) is 5.64. The minimum absolute atomic E-state index is 0.0620. The van der Waals surface area contributed by atoms with E-state index in [-0.39, 0.29) is 11.9 Å². The summed E-state index contributed by atoms with van der Waals surface area (Å²) in [6, 6.07) is 5.82. The summed E-state index contributed by atoms with van der Waals surface area (Å²) in [5.74, 6) is 1.81. The van der Waals surface area contributed by atoms with Gasteiger partial charge in [-0.1, -0.05) is 0 Å². The average molecular weight is 353 g/mol. The zero-order chi connectivity index (χ0) is 18.3. The monoisotopic (exact) mass is 353 g/mol. The van der Waals surface area contributed by atoms with Crippen molar-refractivity contribution in [1.29, 1.82) is 0 Å². The number of carbonyl (C=O) groups is 1. The van der Waals surface area contributed by atoms with E-state index in [1.807, 2.05) is 36.0 Å². The van der Waals surface area contributed by atoms with Gasteiger partial charge in [0.15, 0.2) is 5.65 Å². The van der Waals surface area contributed by atoms with Crippen molar-refractivity contribution in [2.75, 3.05) is 18.0 Å². The fourth-order valence-corrected chi connectivity index (χ4v) is 3.60. The number of carbonyl (C=O) groups excluding carboxylic acids is 1. The molecular formula is C18H23N7O. The number of aryl methyl sites for hydroxylation is 3. The van der Waals surface area contributed by atoms with Crippen LogP contribution in [0.3, 0.4) is 0 Å². The molecular weight excluding hydrogens is 330 g/mol. The van der Waals surface area contributed by atoms with Crippen molar-refractivity contribution < 1.29 is 4.79 Å². The van der Waals surface area contributed by atoms with E-state index in [0.29, 0.717) is 5.56 Å². The van der Waals surface area contributed by atoms with E-state index in [0.717, 1.165) is 48.9 Å². The fourth-order valence-electron chi connectivity index (χ4n) is 3.60. The molecule has 0 bridgehead atoms. The summed E-state index contributed by atoms with van der Waals surface area (Å²) < 4.78 is 3.74. The molecule has 1 N–H and O–H groups in total. The van der Waals surface area contributed by atoms with Gasteiger partial charge in [0.05, 0.1) is 11.3 Å². The van der Waals surface area contributed by atoms with Crippen molar-refractivity contribution in [3.05, 3.63) is 41.5 Å². The molecule has 1 fully saturated rings. The van der Waals surface area contributed by atoms with Crippen LogP contribution in [0.1, 0.15) is 34.7 Å². The molecule has 0 saturated carbocycles. The van der Waals surface area contributed by atoms with Gasteiger partial charge in [0, 0.05) is 38.4 Å². The lowest BCUT2D eigenvalue weighted by Gasteiger charge is -2.34. The van der Waals surface area contributed by atoms with Gasteiger partial charge in [-0.25, -0.2) is 0 Å². The molecule has 8 nitrogen and oxygen atoms in total. The number of piperidine rings is 1. The van der Waals surface area contributed by atoms with Crippen LogP contribution in [-0.4, -0.2) is 49.4 Å². The molecule has 26 heavy (non-hydrogen) atoms. The van der Waals surface area contributed by atoms with Crippen LogP contribution in [0.25, 0.3) is 5.65 Å². The second-order valence-corrected chi connectivity index (χ2v) is 6.92. The molecule has 3 aromatic rings. The van der Waals surface area contributed by atoms with E-state index in [1.54, 1.807) is 12.3 Å². The Morgan fingerprint density at radius 1 is 1.27 bits per heavy atom. The largest absolute Gasteiger partial charge is 0.355 e. The first-order chi connectivity index (χ1) is 12.5. The average Bonchev–Trinajstić information content (AvgIpc) is 3.17. The van der Waals surface area contributed by atoms with Crippen LogP contribution < -0.4 is 10.2 Å². The number of hydrogen-bond donors (Lipinski definition) is 1. The lowest BCUT2D eigenvalue weighted by molar-refractivity contribution is 0.0932. The number of pyridine rings is 1. The molecule has 136 valence electrons. The van der Waals surface area contributed by atoms with E-state index >= 15 is 0 Å². The first kappa shape index (κ1) is 16.6. The van der Waals surface area contributed by atoms with Crippen LogP contribution >= 0.6 is 0 Å². The second kappa shape index (κ2) is 6.44. The first-order valence-corrected chi connectivity index (χ1v) is 8.89. The summed E-state index contributed by atoms with van der Waals surface area (Å²) in [5.41, 5.74) is 2.37. The molecule has 3 aromatic heterocycles. The molecule has 1 amide bonds. The van der Waals surface area contributed by atoms with Gasteiger partial charge in [0.1, 0.15) is 11.6 Å². The quantitative estimate of drug-likeness (QED) is 0.771. The number of rotatable bonds is 3. The molecule has 1 unspecified atom stereocenters. The SMILES string of the molecule is Cc1cc(N2CCCC(NC(=O)c3ccc4nnc(C)n4c3)C2)n(C)n1. The highest BCUT2D eigenvalue weighted by atomic mass is 16.1. The van der Waals surface area contributed by atoms with Gasteiger partial charge >= 0.3 is 0 Å². The van der Waals surface area contributed by atoms with Crippen LogP contribution in [0, 0.1) is 13.8 Å². The van der Waals surface area contributed by atoms with E-state index in [9.17, 15) is 4.79 Å². The van der Waals surface area contributed by atoms with Gasteiger partial charge in [-0.3, -0.25) is 13.9 Å². The smallest absolute Gasteiger partial charge is 0.253 e. The highest BCUT2D eigenvalue weighted by Crippen LogP contribution is 2.20. The number of aromatic nitrogens is 5. The molecule has 1 saturated heterocycles. The fraction of sp³-hybridized carbons (Fsp3) is 0.444. The maximum absolute atomic E-state index is 12.7. The van der Waals surface area contributed by atoms with Crippen molar-refractivity contribution in [3.63, 3.8) is 0 Å². The zero-order valence-electron chi connectivity index (χ0n) is 15.3. The van der Waals surface area contributed by atoms with E-state index < -0.39 is 0 Å². The minimum Gasteiger partial charge on any atom is -0.355 e. The van der Waals surface area contributed by atoms with Gasteiger partial charge < -0.3 is 10.2 Å². The van der Waals surface area contributed by atoms with Gasteiger partial charge in [0.2, 0.25) is 0 Å². The highest BCUT2D eigenvalue weighted by Gasteiger charge is 2.24. The van der Waals surface area contributed by atoms with Crippen LogP contribution in [-0.2, 0) is 7.05 Å². The Hall–Kier alpha value is -2.90. The van der Waals surface area contributed by atoms with Gasteiger partial charge in [-0.15, -0.1) is 10.2 Å². The number of hydrogen-bond acceptors (Lipinski definition) is 5. The molecule has 0 aromatic carbocycles. The van der Waals surface area contributed by atoms with E-state index in [2.05, 4.69) is 31.6 Å². The Morgan fingerprint density at radius 3 is 2.88 bits per heavy atom. The third kappa shape index (κ3) is 3.02. The minimum atomic E-state index is -0.0620. The summed E-state index contributed by atoms with van der Waals surface area (Å²) in [4.78, 5) is 15.0. The van der Waals surface area contributed by atoms with Crippen molar-refractivity contribution in [3.8, 4) is 0 Å². The Balaban J connectivity index is 1.48. The Kier molecular flexibility index (Phi) is 4.10. The van der Waals surface area contributed by atoms with Gasteiger partial charge in [-0.05, 0) is 38.8 Å². The van der Waals surface area contributed by atoms with E-state index in [1.165, 1.54) is 0 Å². The molecule has 1 aliphatic rings. The maximum atomic E-state index is 12.7. The zero-order valence-corrected chi connectivity index (χ0v) is 15.3. The van der Waals surface area contributed by atoms with Crippen molar-refractivity contribution in [1.82, 2.24) is 29.7 Å². The molecule has 0 aliphatic carbocycles. The second-order valence-electron chi connectivity index (χ2n) is 6.92. The predicted octanol–water partition coefficient (Wildman–Crippen LogP) is 1.48. The van der Waals surface area contributed by atoms with Crippen LogP contribution in [0.4, 0.5) is 5.82 Å². The normalized spacial score (nSPS) is 17.7. The lowest BCUT2D eigenvalue weighted by Crippen LogP contribution is -2.48. The molecule has 8 heteroatoms. The first-order valence-electron chi connectivity index (χ1n) is 8.89. The van der Waals surface area contributed by atoms with Crippen molar-refractivity contribution >= 4 is 17.4 Å². The third-order valence-electron chi connectivity index (χ3n) is 4.89. The maximum Gasteiger partial charge on any atom is 0.253 e. The number of nitrogens with zero attached hydrogens (tertiary/aromatic N) is 6. The van der Waals surface area contributed by atoms with Crippen molar-refractivity contribution in [2.24, 2.45) is 7.05 Å².